The molecule has 218 valence electrons. The molecule has 0 aromatic heterocycles. The lowest BCUT2D eigenvalue weighted by molar-refractivity contribution is -0.143. The molecule has 0 aliphatic carbocycles. The number of benzene rings is 1. The Labute approximate surface area is 226 Å². The number of nitrogens with two attached hydrogens (primary N) is 2. The van der Waals surface area contributed by atoms with E-state index in [4.69, 9.17) is 11.5 Å². The van der Waals surface area contributed by atoms with Gasteiger partial charge in [0.25, 0.3) is 5.91 Å². The van der Waals surface area contributed by atoms with E-state index in [1.165, 1.54) is 4.90 Å². The maximum absolute atomic E-state index is 13.7. The van der Waals surface area contributed by atoms with Gasteiger partial charge in [-0.3, -0.25) is 9.59 Å². The van der Waals surface area contributed by atoms with E-state index in [1.54, 1.807) is 0 Å². The number of hydrogen-bond acceptors (Lipinski definition) is 7. The van der Waals surface area contributed by atoms with Crippen molar-refractivity contribution in [2.75, 3.05) is 18.8 Å². The zero-order chi connectivity index (χ0) is 29.3. The minimum atomic E-state index is -3.90. The largest absolute Gasteiger partial charge is 0.390 e. The Morgan fingerprint density at radius 3 is 2.03 bits per heavy atom. The van der Waals surface area contributed by atoms with Crippen LogP contribution in [0.3, 0.4) is 0 Å². The van der Waals surface area contributed by atoms with E-state index in [-0.39, 0.29) is 31.0 Å². The maximum Gasteiger partial charge on any atom is 0.251 e. The van der Waals surface area contributed by atoms with Gasteiger partial charge in [0.15, 0.2) is 21.2 Å². The fourth-order valence-corrected chi connectivity index (χ4v) is 6.75. The van der Waals surface area contributed by atoms with E-state index in [0.29, 0.717) is 32.1 Å². The molecule has 5 N–H and O–H groups in total. The molecular weight excluding hydrogens is 516 g/mol. The smallest absolute Gasteiger partial charge is 0.251 e. The first-order chi connectivity index (χ1) is 17.6. The second kappa shape index (κ2) is 15.0. The van der Waals surface area contributed by atoms with Crippen LogP contribution in [0.4, 0.5) is 8.78 Å². The monoisotopic (exact) mass is 561 g/mol. The molecule has 0 saturated carbocycles. The summed E-state index contributed by atoms with van der Waals surface area (Å²) >= 11 is 0. The number of aliphatic hydroxyl groups is 1. The highest BCUT2D eigenvalue weighted by molar-refractivity contribution is 7.92. The number of nitrogens with zero attached hydrogens (tertiary/aromatic N) is 1. The second-order valence-corrected chi connectivity index (χ2v) is 13.0. The Morgan fingerprint density at radius 1 is 1.05 bits per heavy atom. The number of halogens is 2. The van der Waals surface area contributed by atoms with Crippen molar-refractivity contribution in [2.24, 2.45) is 17.4 Å². The molecule has 0 aliphatic heterocycles. The molecule has 1 amide bonds. The Balaban J connectivity index is 3.24. The van der Waals surface area contributed by atoms with Crippen LogP contribution < -0.4 is 11.5 Å². The van der Waals surface area contributed by atoms with Gasteiger partial charge in [-0.25, -0.2) is 17.2 Å². The topological polar surface area (TPSA) is 144 Å². The number of hydrogen-bond donors (Lipinski definition) is 3. The molecule has 0 spiro atoms. The molecule has 0 fully saturated rings. The highest BCUT2D eigenvalue weighted by Gasteiger charge is 2.47. The number of sulfone groups is 1. The van der Waals surface area contributed by atoms with Crippen molar-refractivity contribution in [1.82, 2.24) is 4.90 Å². The van der Waals surface area contributed by atoms with Gasteiger partial charge >= 0.3 is 0 Å². The van der Waals surface area contributed by atoms with Gasteiger partial charge in [0, 0.05) is 25.2 Å². The van der Waals surface area contributed by atoms with Crippen LogP contribution in [0.2, 0.25) is 0 Å². The van der Waals surface area contributed by atoms with Crippen molar-refractivity contribution < 1.29 is 31.9 Å². The fraction of sp³-hybridized carbons (Fsp3) is 0.704. The first-order valence-electron chi connectivity index (χ1n) is 13.3. The van der Waals surface area contributed by atoms with E-state index < -0.39 is 61.8 Å². The van der Waals surface area contributed by atoms with Gasteiger partial charge in [-0.2, -0.15) is 0 Å². The van der Waals surface area contributed by atoms with Crippen LogP contribution in [0.15, 0.2) is 18.2 Å². The molecule has 1 aromatic carbocycles. The number of ketones is 1. The summed E-state index contributed by atoms with van der Waals surface area (Å²) in [6, 6.07) is 1.93. The minimum absolute atomic E-state index is 0.0768. The molecule has 38 heavy (non-hydrogen) atoms. The SMILES string of the molecule is CCCC(CCC)S(=O)(=O)C[C@](N)(C(C)=O)C(=O)N(CCC(C)C)C[C@@H](O)[C@@H](N)Cc1cc(F)cc(F)c1. The quantitative estimate of drug-likeness (QED) is 0.248. The van der Waals surface area contributed by atoms with E-state index in [0.717, 1.165) is 25.1 Å². The Kier molecular flexibility index (Phi) is 13.5. The third-order valence-electron chi connectivity index (χ3n) is 6.73. The number of amides is 1. The van der Waals surface area contributed by atoms with Crippen LogP contribution in [-0.2, 0) is 25.8 Å². The predicted octanol–water partition coefficient (Wildman–Crippen LogP) is 2.74. The van der Waals surface area contributed by atoms with Crippen LogP contribution in [0, 0.1) is 17.6 Å². The van der Waals surface area contributed by atoms with Crippen molar-refractivity contribution in [3.05, 3.63) is 35.4 Å². The van der Waals surface area contributed by atoms with E-state index in [2.05, 4.69) is 0 Å². The molecule has 0 radical (unpaired) electrons. The fourth-order valence-electron chi connectivity index (χ4n) is 4.37. The van der Waals surface area contributed by atoms with E-state index in [1.807, 2.05) is 27.7 Å². The van der Waals surface area contributed by atoms with Gasteiger partial charge < -0.3 is 21.5 Å². The van der Waals surface area contributed by atoms with Crippen molar-refractivity contribution in [3.8, 4) is 0 Å². The van der Waals surface area contributed by atoms with Crippen molar-refractivity contribution in [1.29, 1.82) is 0 Å². The third-order valence-corrected chi connectivity index (χ3v) is 9.07. The summed E-state index contributed by atoms with van der Waals surface area (Å²) in [5, 5.41) is 10.1. The second-order valence-electron chi connectivity index (χ2n) is 10.7. The number of carbonyl (C=O) groups excluding carboxylic acids is 2. The van der Waals surface area contributed by atoms with Gasteiger partial charge in [0.1, 0.15) is 11.6 Å². The van der Waals surface area contributed by atoms with Crippen molar-refractivity contribution >= 4 is 21.5 Å². The molecule has 0 unspecified atom stereocenters. The number of Topliss-reactive ketones (excluding diaryl/α,β-unsaturated/α-hetero) is 1. The molecule has 0 aliphatic rings. The number of aliphatic hydroxyl groups excluding tert-OH is 1. The van der Waals surface area contributed by atoms with Crippen molar-refractivity contribution in [3.63, 3.8) is 0 Å². The predicted molar refractivity (Wildman–Crippen MR) is 145 cm³/mol. The first kappa shape index (κ1) is 34.1. The van der Waals surface area contributed by atoms with Gasteiger partial charge in [0.2, 0.25) is 0 Å². The van der Waals surface area contributed by atoms with Gasteiger partial charge in [0.05, 0.1) is 17.1 Å². The van der Waals surface area contributed by atoms with E-state index in [9.17, 15) is 31.9 Å². The third kappa shape index (κ3) is 9.98. The lowest BCUT2D eigenvalue weighted by Crippen LogP contribution is -2.65. The highest BCUT2D eigenvalue weighted by atomic mass is 32.2. The molecule has 0 saturated heterocycles. The lowest BCUT2D eigenvalue weighted by atomic mass is 9.95. The Hall–Kier alpha value is -1.95. The Bertz CT molecular complexity index is 1010. The summed E-state index contributed by atoms with van der Waals surface area (Å²) in [6.07, 6.45) is 1.11. The molecule has 8 nitrogen and oxygen atoms in total. The number of rotatable bonds is 17. The average molecular weight is 562 g/mol. The maximum atomic E-state index is 13.7. The average Bonchev–Trinajstić information content (AvgIpc) is 2.79. The first-order valence-corrected chi connectivity index (χ1v) is 15.0. The normalized spacial score (nSPS) is 15.4. The van der Waals surface area contributed by atoms with Gasteiger partial charge in [-0.05, 0) is 56.2 Å². The minimum Gasteiger partial charge on any atom is -0.390 e. The van der Waals surface area contributed by atoms with Crippen molar-refractivity contribution in [2.45, 2.75) is 96.1 Å². The highest BCUT2D eigenvalue weighted by Crippen LogP contribution is 2.22. The van der Waals surface area contributed by atoms with E-state index >= 15 is 0 Å². The summed E-state index contributed by atoms with van der Waals surface area (Å²) < 4.78 is 53.7. The molecule has 11 heteroatoms. The van der Waals surface area contributed by atoms with Crippen LogP contribution in [-0.4, -0.2) is 71.9 Å². The molecule has 0 heterocycles. The summed E-state index contributed by atoms with van der Waals surface area (Å²) in [5.74, 6) is -3.93. The lowest BCUT2D eigenvalue weighted by Gasteiger charge is -2.35. The van der Waals surface area contributed by atoms with Crippen LogP contribution >= 0.6 is 0 Å². The molecule has 1 aromatic rings. The molecule has 1 rings (SSSR count). The zero-order valence-corrected chi connectivity index (χ0v) is 24.1. The zero-order valence-electron chi connectivity index (χ0n) is 23.3. The Morgan fingerprint density at radius 2 is 1.58 bits per heavy atom. The van der Waals surface area contributed by atoms with Crippen LogP contribution in [0.5, 0.6) is 0 Å². The summed E-state index contributed by atoms with van der Waals surface area (Å²) in [4.78, 5) is 27.6. The summed E-state index contributed by atoms with van der Waals surface area (Å²) in [6.45, 7) is 8.44. The van der Waals surface area contributed by atoms with Gasteiger partial charge in [-0.15, -0.1) is 0 Å². The molecule has 3 atom stereocenters. The molecular formula is C27H45F2N3O5S. The summed E-state index contributed by atoms with van der Waals surface area (Å²) in [7, 11) is -3.90. The number of carbonyl (C=O) groups is 2. The summed E-state index contributed by atoms with van der Waals surface area (Å²) in [5.41, 5.74) is 10.3. The molecule has 0 bridgehead atoms. The van der Waals surface area contributed by atoms with Crippen LogP contribution in [0.25, 0.3) is 0 Å². The van der Waals surface area contributed by atoms with Gasteiger partial charge in [-0.1, -0.05) is 40.5 Å². The standard InChI is InChI=1S/C27H45F2N3O5S/c1-6-8-23(9-7-2)38(36,37)17-27(31,19(5)33)26(35)32(11-10-18(3)4)16-25(34)24(30)14-20-12-21(28)15-22(29)13-20/h12-13,15,18,23-25,34H,6-11,14,16-17,30-31H2,1-5H3/t24-,25+,27-/m0/s1. The van der Waals surface area contributed by atoms with Crippen LogP contribution in [0.1, 0.15) is 72.3 Å².